The molecule has 0 bridgehead atoms. The van der Waals surface area contributed by atoms with E-state index in [0.717, 1.165) is 11.4 Å². The van der Waals surface area contributed by atoms with Gasteiger partial charge in [-0.25, -0.2) is 9.36 Å². The molecule has 0 saturated carbocycles. The van der Waals surface area contributed by atoms with E-state index in [4.69, 9.17) is 13.8 Å². The van der Waals surface area contributed by atoms with E-state index in [1.165, 1.54) is 0 Å². The van der Waals surface area contributed by atoms with Gasteiger partial charge in [0.05, 0.1) is 25.6 Å². The number of carbonyl (C=O) groups excluding carboxylic acids is 2. The second kappa shape index (κ2) is 11.0. The fraction of sp³-hybridized carbons (Fsp3) is 0.846. The molecule has 7 nitrogen and oxygen atoms in total. The van der Waals surface area contributed by atoms with Gasteiger partial charge in [-0.05, 0) is 38.1 Å². The van der Waals surface area contributed by atoms with Gasteiger partial charge in [0.25, 0.3) is 0 Å². The first-order valence-corrected chi connectivity index (χ1v) is 10.4. The lowest BCUT2D eigenvalue weighted by Crippen LogP contribution is -2.46. The van der Waals surface area contributed by atoms with Gasteiger partial charge in [0.15, 0.2) is 0 Å². The van der Waals surface area contributed by atoms with Crippen molar-refractivity contribution in [3.63, 3.8) is 0 Å². The normalized spacial score (nSPS) is 13.0. The first kappa shape index (κ1) is 21.4. The molecule has 0 saturated heterocycles. The number of hydrogen-bond acceptors (Lipinski definition) is 7. The molecule has 0 spiro atoms. The van der Waals surface area contributed by atoms with Gasteiger partial charge in [-0.1, -0.05) is 13.8 Å². The fourth-order valence-electron chi connectivity index (χ4n) is 1.51. The Hall–Kier alpha value is -0.560. The van der Waals surface area contributed by atoms with Crippen LogP contribution in [0, 0.1) is 5.92 Å². The summed E-state index contributed by atoms with van der Waals surface area (Å²) >= 11 is 0.807. The van der Waals surface area contributed by atoms with Crippen LogP contribution in [-0.2, 0) is 27.9 Å². The van der Waals surface area contributed by atoms with Gasteiger partial charge in [0.2, 0.25) is 5.91 Å². The summed E-state index contributed by atoms with van der Waals surface area (Å²) in [5, 5.41) is 2.59. The average molecular weight is 355 g/mol. The van der Waals surface area contributed by atoms with Gasteiger partial charge in [-0.2, -0.15) is 0 Å². The number of carbonyl (C=O) groups is 2. The highest BCUT2D eigenvalue weighted by Crippen LogP contribution is 2.60. The summed E-state index contributed by atoms with van der Waals surface area (Å²) in [6, 6.07) is -0.730. The summed E-state index contributed by atoms with van der Waals surface area (Å²) in [5.74, 6) is -1.14. The van der Waals surface area contributed by atoms with Gasteiger partial charge in [-0.15, -0.1) is 0 Å². The minimum atomic E-state index is -3.34. The Bertz CT molecular complexity index is 394. The van der Waals surface area contributed by atoms with Gasteiger partial charge in [-0.3, -0.25) is 4.79 Å². The third-order valence-corrected chi connectivity index (χ3v) is 6.28. The summed E-state index contributed by atoms with van der Waals surface area (Å²) in [6.45, 7) is 6.07. The van der Waals surface area contributed by atoms with Crippen LogP contribution in [0.15, 0.2) is 0 Å². The highest BCUT2D eigenvalue weighted by atomic mass is 32.7. The number of nitrogens with one attached hydrogen (secondary N) is 1. The topological polar surface area (TPSA) is 90.9 Å². The lowest BCUT2D eigenvalue weighted by molar-refractivity contribution is -0.148. The molecule has 0 aliphatic heterocycles. The van der Waals surface area contributed by atoms with E-state index >= 15 is 0 Å². The number of amides is 1. The molecule has 0 heterocycles. The van der Waals surface area contributed by atoms with Crippen molar-refractivity contribution >= 4 is 30.1 Å². The van der Waals surface area contributed by atoms with Gasteiger partial charge < -0.3 is 19.1 Å². The van der Waals surface area contributed by atoms with E-state index < -0.39 is 24.7 Å². The van der Waals surface area contributed by atoms with Crippen LogP contribution in [0.2, 0.25) is 0 Å². The van der Waals surface area contributed by atoms with Crippen LogP contribution in [-0.4, -0.2) is 43.5 Å². The molecule has 22 heavy (non-hydrogen) atoms. The van der Waals surface area contributed by atoms with Crippen LogP contribution in [0.25, 0.3) is 0 Å². The maximum Gasteiger partial charge on any atom is 0.389 e. The Labute approximate surface area is 136 Å². The molecule has 1 N–H and O–H groups in total. The molecule has 0 aromatic heterocycles. The predicted molar refractivity (Wildman–Crippen MR) is 86.7 cm³/mol. The molecule has 0 unspecified atom stereocenters. The van der Waals surface area contributed by atoms with E-state index in [-0.39, 0.29) is 31.5 Å². The smallest absolute Gasteiger partial charge is 0.389 e. The minimum absolute atomic E-state index is 0.112. The van der Waals surface area contributed by atoms with E-state index in [2.05, 4.69) is 5.32 Å². The first-order valence-electron chi connectivity index (χ1n) is 7.29. The highest BCUT2D eigenvalue weighted by Gasteiger charge is 2.29. The molecule has 1 amide bonds. The van der Waals surface area contributed by atoms with Crippen LogP contribution < -0.4 is 5.32 Å². The number of hydrogen-bond donors (Lipinski definition) is 1. The van der Waals surface area contributed by atoms with Crippen LogP contribution in [0.1, 0.15) is 34.6 Å². The molecule has 0 aliphatic rings. The maximum atomic E-state index is 12.2. The summed E-state index contributed by atoms with van der Waals surface area (Å²) in [4.78, 5) is 23.7. The summed E-state index contributed by atoms with van der Waals surface area (Å²) < 4.78 is 27.3. The molecule has 130 valence electrons. The third kappa shape index (κ3) is 8.17. The van der Waals surface area contributed by atoms with Gasteiger partial charge >= 0.3 is 12.8 Å². The molecule has 0 aliphatic carbocycles. The van der Waals surface area contributed by atoms with Crippen molar-refractivity contribution in [1.82, 2.24) is 5.32 Å². The monoisotopic (exact) mass is 355 g/mol. The quantitative estimate of drug-likeness (QED) is 0.450. The molecular weight excluding hydrogens is 329 g/mol. The highest BCUT2D eigenvalue weighted by molar-refractivity contribution is 8.55. The van der Waals surface area contributed by atoms with Crippen molar-refractivity contribution < 1.29 is 27.9 Å². The molecule has 0 aromatic carbocycles. The molecule has 0 radical (unpaired) electrons. The predicted octanol–water partition coefficient (Wildman–Crippen LogP) is 2.60. The van der Waals surface area contributed by atoms with Crippen molar-refractivity contribution in [3.05, 3.63) is 0 Å². The number of rotatable bonds is 11. The van der Waals surface area contributed by atoms with E-state index in [9.17, 15) is 14.2 Å². The summed E-state index contributed by atoms with van der Waals surface area (Å²) in [7, 11) is 0. The zero-order valence-electron chi connectivity index (χ0n) is 13.8. The van der Waals surface area contributed by atoms with Crippen LogP contribution in [0.3, 0.4) is 0 Å². The van der Waals surface area contributed by atoms with Crippen molar-refractivity contribution in [2.75, 3.05) is 25.6 Å². The molecule has 0 fully saturated rings. The molecule has 1 atom stereocenters. The lowest BCUT2D eigenvalue weighted by atomic mass is 10.0. The molecule has 0 aromatic rings. The molecule has 0 rings (SSSR count). The Morgan fingerprint density at radius 3 is 2.05 bits per heavy atom. The second-order valence-corrected chi connectivity index (χ2v) is 8.67. The van der Waals surface area contributed by atoms with Crippen LogP contribution >= 0.6 is 18.2 Å². The Kier molecular flexibility index (Phi) is 10.8. The van der Waals surface area contributed by atoms with Crippen molar-refractivity contribution in [1.29, 1.82) is 0 Å². The maximum absolute atomic E-state index is 12.2. The van der Waals surface area contributed by atoms with Gasteiger partial charge in [0.1, 0.15) is 6.04 Å². The largest absolute Gasteiger partial charge is 0.464 e. The average Bonchev–Trinajstić information content (AvgIpc) is 2.43. The van der Waals surface area contributed by atoms with E-state index in [1.807, 2.05) is 0 Å². The fourth-order valence-corrected chi connectivity index (χ4v) is 4.63. The Morgan fingerprint density at radius 2 is 1.64 bits per heavy atom. The summed E-state index contributed by atoms with van der Waals surface area (Å²) in [6.07, 6.45) is 0. The second-order valence-electron chi connectivity index (χ2n) is 4.60. The van der Waals surface area contributed by atoms with Crippen molar-refractivity contribution in [2.45, 2.75) is 40.7 Å². The number of ether oxygens (including phenoxy) is 1. The zero-order valence-corrected chi connectivity index (χ0v) is 15.5. The Morgan fingerprint density at radius 1 is 1.09 bits per heavy atom. The molecule has 9 heteroatoms. The first-order chi connectivity index (χ1) is 10.3. The van der Waals surface area contributed by atoms with E-state index in [0.29, 0.717) is 0 Å². The van der Waals surface area contributed by atoms with Crippen LogP contribution in [0.5, 0.6) is 0 Å². The lowest BCUT2D eigenvalue weighted by Gasteiger charge is -2.21. The number of esters is 1. The van der Waals surface area contributed by atoms with Crippen molar-refractivity contribution in [2.24, 2.45) is 5.92 Å². The minimum Gasteiger partial charge on any atom is -0.464 e. The SMILES string of the molecule is CCOC(=O)[C@@H](NC(=O)CSP(=O)(OCC)OCC)C(C)C. The standard InChI is InChI=1S/C13H26NO6PS/c1-6-18-13(16)12(10(4)5)14-11(15)9-22-21(17,19-7-2)20-8-3/h10,12H,6-9H2,1-5H3,(H,14,15)/t12-/m0/s1. The third-order valence-electron chi connectivity index (χ3n) is 2.45. The molecular formula is C13H26NO6PS. The van der Waals surface area contributed by atoms with Crippen LogP contribution in [0.4, 0.5) is 0 Å². The van der Waals surface area contributed by atoms with Crippen molar-refractivity contribution in [3.8, 4) is 0 Å². The van der Waals surface area contributed by atoms with E-state index in [1.54, 1.807) is 34.6 Å². The van der Waals surface area contributed by atoms with Gasteiger partial charge in [0, 0.05) is 0 Å². The summed E-state index contributed by atoms with van der Waals surface area (Å²) in [5.41, 5.74) is 0. The zero-order chi connectivity index (χ0) is 17.2. The Balaban J connectivity index is 4.57.